The fourth-order valence-corrected chi connectivity index (χ4v) is 1.90. The minimum atomic E-state index is -0.532. The van der Waals surface area contributed by atoms with Crippen LogP contribution in [0.5, 0.6) is 0 Å². The number of rotatable bonds is 6. The lowest BCUT2D eigenvalue weighted by atomic mass is 10.2. The third-order valence-corrected chi connectivity index (χ3v) is 3.01. The van der Waals surface area contributed by atoms with Gasteiger partial charge in [-0.1, -0.05) is 28.1 Å². The van der Waals surface area contributed by atoms with Gasteiger partial charge in [0.05, 0.1) is 6.54 Å². The summed E-state index contributed by atoms with van der Waals surface area (Å²) >= 11 is 3.34. The van der Waals surface area contributed by atoms with Gasteiger partial charge in [-0.25, -0.2) is 0 Å². The van der Waals surface area contributed by atoms with Crippen molar-refractivity contribution in [2.24, 2.45) is 11.5 Å². The molecule has 104 valence electrons. The summed E-state index contributed by atoms with van der Waals surface area (Å²) in [7, 11) is 0. The summed E-state index contributed by atoms with van der Waals surface area (Å²) in [5.74, 6) is -0.702. The van der Waals surface area contributed by atoms with Crippen molar-refractivity contribution in [3.8, 4) is 0 Å². The lowest BCUT2D eigenvalue weighted by molar-refractivity contribution is -0.136. The lowest BCUT2D eigenvalue weighted by Crippen LogP contribution is -2.40. The molecule has 1 aromatic rings. The van der Waals surface area contributed by atoms with E-state index in [0.29, 0.717) is 6.54 Å². The average molecular weight is 328 g/mol. The number of nitrogens with zero attached hydrogens (tertiary/aromatic N) is 1. The van der Waals surface area contributed by atoms with E-state index in [2.05, 4.69) is 15.9 Å². The van der Waals surface area contributed by atoms with Crippen LogP contribution in [0.25, 0.3) is 0 Å². The second-order valence-corrected chi connectivity index (χ2v) is 5.44. The molecule has 5 nitrogen and oxygen atoms in total. The molecular weight excluding hydrogens is 310 g/mol. The first-order valence-corrected chi connectivity index (χ1v) is 6.74. The van der Waals surface area contributed by atoms with Gasteiger partial charge in [0.25, 0.3) is 0 Å². The largest absolute Gasteiger partial charge is 0.368 e. The molecule has 0 saturated heterocycles. The molecule has 0 aliphatic carbocycles. The zero-order valence-electron chi connectivity index (χ0n) is 10.8. The van der Waals surface area contributed by atoms with Crippen LogP contribution in [0.3, 0.4) is 0 Å². The average Bonchev–Trinajstić information content (AvgIpc) is 2.29. The highest BCUT2D eigenvalue weighted by Gasteiger charge is 2.17. The molecule has 2 amide bonds. The second kappa shape index (κ2) is 7.25. The van der Waals surface area contributed by atoms with Crippen molar-refractivity contribution in [1.82, 2.24) is 4.90 Å². The van der Waals surface area contributed by atoms with Crippen LogP contribution >= 0.6 is 15.9 Å². The van der Waals surface area contributed by atoms with E-state index in [1.807, 2.05) is 24.3 Å². The Balaban J connectivity index is 2.76. The molecule has 4 N–H and O–H groups in total. The highest BCUT2D eigenvalue weighted by molar-refractivity contribution is 9.10. The van der Waals surface area contributed by atoms with Crippen LogP contribution in [-0.4, -0.2) is 29.3 Å². The van der Waals surface area contributed by atoms with Crippen LogP contribution < -0.4 is 11.5 Å². The van der Waals surface area contributed by atoms with Gasteiger partial charge in [0, 0.05) is 23.5 Å². The van der Waals surface area contributed by atoms with E-state index in [4.69, 9.17) is 11.5 Å². The Hall–Kier alpha value is -1.40. The Morgan fingerprint density at radius 3 is 2.37 bits per heavy atom. The summed E-state index contributed by atoms with van der Waals surface area (Å²) in [6.07, 6.45) is 0.198. The van der Waals surface area contributed by atoms with Crippen molar-refractivity contribution < 1.29 is 9.59 Å². The Labute approximate surface area is 121 Å². The Bertz CT molecular complexity index is 446. The summed E-state index contributed by atoms with van der Waals surface area (Å²) in [5.41, 5.74) is 11.7. The SMILES string of the molecule is CC(N)CC(=O)N(CC(N)=O)Cc1ccc(Br)cc1. The fourth-order valence-electron chi connectivity index (χ4n) is 1.64. The van der Waals surface area contributed by atoms with E-state index < -0.39 is 5.91 Å². The van der Waals surface area contributed by atoms with E-state index >= 15 is 0 Å². The lowest BCUT2D eigenvalue weighted by Gasteiger charge is -2.22. The molecule has 0 bridgehead atoms. The Morgan fingerprint density at radius 2 is 1.89 bits per heavy atom. The van der Waals surface area contributed by atoms with Crippen molar-refractivity contribution in [2.75, 3.05) is 6.54 Å². The molecule has 6 heteroatoms. The number of benzene rings is 1. The number of carbonyl (C=O) groups is 2. The second-order valence-electron chi connectivity index (χ2n) is 4.52. The molecule has 1 atom stereocenters. The maximum Gasteiger partial charge on any atom is 0.237 e. The number of halogens is 1. The maximum absolute atomic E-state index is 12.0. The minimum Gasteiger partial charge on any atom is -0.368 e. The molecular formula is C13H18BrN3O2. The molecule has 0 spiro atoms. The summed E-state index contributed by atoms with van der Waals surface area (Å²) in [6.45, 7) is 2.00. The highest BCUT2D eigenvalue weighted by Crippen LogP contribution is 2.13. The molecule has 19 heavy (non-hydrogen) atoms. The van der Waals surface area contributed by atoms with Crippen LogP contribution in [0, 0.1) is 0 Å². The van der Waals surface area contributed by atoms with Crippen molar-refractivity contribution >= 4 is 27.7 Å². The van der Waals surface area contributed by atoms with E-state index in [-0.39, 0.29) is 24.9 Å². The van der Waals surface area contributed by atoms with Crippen LogP contribution in [0.2, 0.25) is 0 Å². The number of nitrogens with two attached hydrogens (primary N) is 2. The fraction of sp³-hybridized carbons (Fsp3) is 0.385. The van der Waals surface area contributed by atoms with E-state index in [1.165, 1.54) is 4.90 Å². The molecule has 1 unspecified atom stereocenters. The summed E-state index contributed by atoms with van der Waals surface area (Å²) < 4.78 is 0.958. The first-order chi connectivity index (χ1) is 8.88. The normalized spacial score (nSPS) is 11.9. The molecule has 0 aromatic heterocycles. The van der Waals surface area contributed by atoms with Gasteiger partial charge in [-0.15, -0.1) is 0 Å². The van der Waals surface area contributed by atoms with Gasteiger partial charge >= 0.3 is 0 Å². The van der Waals surface area contributed by atoms with Crippen molar-refractivity contribution in [2.45, 2.75) is 25.9 Å². The zero-order valence-corrected chi connectivity index (χ0v) is 12.4. The molecule has 0 aliphatic rings. The maximum atomic E-state index is 12.0. The summed E-state index contributed by atoms with van der Waals surface area (Å²) in [6, 6.07) is 7.30. The predicted octanol–water partition coefficient (Wildman–Crippen LogP) is 1.00. The topological polar surface area (TPSA) is 89.4 Å². The van der Waals surface area contributed by atoms with Gasteiger partial charge in [-0.05, 0) is 24.6 Å². The predicted molar refractivity (Wildman–Crippen MR) is 77.0 cm³/mol. The number of carbonyl (C=O) groups excluding carboxylic acids is 2. The smallest absolute Gasteiger partial charge is 0.237 e. The van der Waals surface area contributed by atoms with E-state index in [9.17, 15) is 9.59 Å². The van der Waals surface area contributed by atoms with E-state index in [1.54, 1.807) is 6.92 Å². The molecule has 0 radical (unpaired) electrons. The van der Waals surface area contributed by atoms with Crippen LogP contribution in [-0.2, 0) is 16.1 Å². The zero-order chi connectivity index (χ0) is 14.4. The van der Waals surface area contributed by atoms with Crippen molar-refractivity contribution in [3.63, 3.8) is 0 Å². The molecule has 0 heterocycles. The van der Waals surface area contributed by atoms with Crippen LogP contribution in [0.1, 0.15) is 18.9 Å². The molecule has 0 saturated carbocycles. The van der Waals surface area contributed by atoms with Gasteiger partial charge in [-0.3, -0.25) is 9.59 Å². The van der Waals surface area contributed by atoms with Crippen LogP contribution in [0.15, 0.2) is 28.7 Å². The van der Waals surface area contributed by atoms with Gasteiger partial charge < -0.3 is 16.4 Å². The molecule has 1 rings (SSSR count). The van der Waals surface area contributed by atoms with Gasteiger partial charge in [0.1, 0.15) is 0 Å². The van der Waals surface area contributed by atoms with Gasteiger partial charge in [-0.2, -0.15) is 0 Å². The first-order valence-electron chi connectivity index (χ1n) is 5.94. The number of hydrogen-bond acceptors (Lipinski definition) is 3. The summed E-state index contributed by atoms with van der Waals surface area (Å²) in [4.78, 5) is 24.4. The molecule has 1 aromatic carbocycles. The first kappa shape index (κ1) is 15.7. The van der Waals surface area contributed by atoms with E-state index in [0.717, 1.165) is 10.0 Å². The minimum absolute atomic E-state index is 0.0956. The van der Waals surface area contributed by atoms with Crippen molar-refractivity contribution in [1.29, 1.82) is 0 Å². The summed E-state index contributed by atoms with van der Waals surface area (Å²) in [5, 5.41) is 0. The molecule has 0 fully saturated rings. The highest BCUT2D eigenvalue weighted by atomic mass is 79.9. The van der Waals surface area contributed by atoms with Gasteiger partial charge in [0.2, 0.25) is 11.8 Å². The van der Waals surface area contributed by atoms with Gasteiger partial charge in [0.15, 0.2) is 0 Å². The van der Waals surface area contributed by atoms with Crippen molar-refractivity contribution in [3.05, 3.63) is 34.3 Å². The van der Waals surface area contributed by atoms with Crippen LogP contribution in [0.4, 0.5) is 0 Å². The standard InChI is InChI=1S/C13H18BrN3O2/c1-9(15)6-13(19)17(8-12(16)18)7-10-2-4-11(14)5-3-10/h2-5,9H,6-8,15H2,1H3,(H2,16,18). The number of amides is 2. The quantitative estimate of drug-likeness (QED) is 0.816. The third-order valence-electron chi connectivity index (χ3n) is 2.48. The number of primary amides is 1. The number of hydrogen-bond donors (Lipinski definition) is 2. The monoisotopic (exact) mass is 327 g/mol. The molecule has 0 aliphatic heterocycles. The Kier molecular flexibility index (Phi) is 5.98. The Morgan fingerprint density at radius 1 is 1.32 bits per heavy atom. The third kappa shape index (κ3) is 5.85.